The molecule has 23 heavy (non-hydrogen) atoms. The number of epoxide rings is 1. The Morgan fingerprint density at radius 2 is 2.04 bits per heavy atom. The van der Waals surface area contributed by atoms with Crippen LogP contribution in [0.1, 0.15) is 11.8 Å². The van der Waals surface area contributed by atoms with Gasteiger partial charge in [-0.25, -0.2) is 4.68 Å². The van der Waals surface area contributed by atoms with Crippen LogP contribution >= 0.6 is 0 Å². The first-order valence-corrected chi connectivity index (χ1v) is 6.85. The molecule has 0 saturated carbocycles. The van der Waals surface area contributed by atoms with E-state index < -0.39 is 31.2 Å². The number of alkyl halides is 3. The number of nitrogens with one attached hydrogen (secondary N) is 1. The van der Waals surface area contributed by atoms with Crippen molar-refractivity contribution in [3.05, 3.63) is 42.1 Å². The molecule has 6 nitrogen and oxygen atoms in total. The fourth-order valence-electron chi connectivity index (χ4n) is 2.18. The predicted octanol–water partition coefficient (Wildman–Crippen LogP) is 1.37. The monoisotopic (exact) mass is 328 g/mol. The Labute approximate surface area is 129 Å². The molecule has 1 aliphatic rings. The molecular weight excluding hydrogens is 313 g/mol. The van der Waals surface area contributed by atoms with E-state index in [1.54, 1.807) is 24.3 Å². The highest BCUT2D eigenvalue weighted by atomic mass is 19.4. The molecule has 0 spiro atoms. The average molecular weight is 328 g/mol. The minimum absolute atomic E-state index is 0.147. The second kappa shape index (κ2) is 5.52. The number of ether oxygens (including phenoxy) is 1. The standard InChI is InChI=1S/C14H15F3N4O2/c15-14(16,17)13(8-23-13)7-19-12(22)10-6-20-21(11(10)18)9-4-2-1-3-5-9/h1-6,12,19,22H,7-8,18H2. The van der Waals surface area contributed by atoms with Gasteiger partial charge in [-0.2, -0.15) is 18.3 Å². The second-order valence-electron chi connectivity index (χ2n) is 5.30. The van der Waals surface area contributed by atoms with Crippen LogP contribution in [-0.4, -0.2) is 39.8 Å². The number of nitrogen functional groups attached to an aromatic ring is 1. The highest BCUT2D eigenvalue weighted by Crippen LogP contribution is 2.43. The van der Waals surface area contributed by atoms with Gasteiger partial charge in [0.2, 0.25) is 0 Å². The van der Waals surface area contributed by atoms with E-state index in [0.29, 0.717) is 5.69 Å². The number of aliphatic hydroxyl groups excluding tert-OH is 1. The number of hydrogen-bond acceptors (Lipinski definition) is 5. The summed E-state index contributed by atoms with van der Waals surface area (Å²) < 4.78 is 44.2. The first-order chi connectivity index (χ1) is 10.8. The van der Waals surface area contributed by atoms with Crippen molar-refractivity contribution < 1.29 is 23.0 Å². The number of aliphatic hydroxyl groups is 1. The van der Waals surface area contributed by atoms with Crippen molar-refractivity contribution in [3.63, 3.8) is 0 Å². The lowest BCUT2D eigenvalue weighted by Gasteiger charge is -2.19. The molecule has 3 rings (SSSR count). The summed E-state index contributed by atoms with van der Waals surface area (Å²) in [7, 11) is 0. The third kappa shape index (κ3) is 2.90. The fraction of sp³-hybridized carbons (Fsp3) is 0.357. The zero-order valence-electron chi connectivity index (χ0n) is 11.9. The van der Waals surface area contributed by atoms with Crippen molar-refractivity contribution in [2.75, 3.05) is 18.9 Å². The van der Waals surface area contributed by atoms with Crippen molar-refractivity contribution in [3.8, 4) is 5.69 Å². The van der Waals surface area contributed by atoms with Crippen LogP contribution in [0.2, 0.25) is 0 Å². The van der Waals surface area contributed by atoms with E-state index >= 15 is 0 Å². The molecule has 124 valence electrons. The maximum absolute atomic E-state index is 12.8. The van der Waals surface area contributed by atoms with E-state index in [2.05, 4.69) is 15.2 Å². The summed E-state index contributed by atoms with van der Waals surface area (Å²) in [6.07, 6.45) is -4.55. The Morgan fingerprint density at radius 1 is 1.39 bits per heavy atom. The minimum atomic E-state index is -4.49. The fourth-order valence-corrected chi connectivity index (χ4v) is 2.18. The maximum Gasteiger partial charge on any atom is 0.420 e. The van der Waals surface area contributed by atoms with Crippen LogP contribution < -0.4 is 11.1 Å². The lowest BCUT2D eigenvalue weighted by atomic mass is 10.1. The third-order valence-electron chi connectivity index (χ3n) is 3.72. The third-order valence-corrected chi connectivity index (χ3v) is 3.72. The minimum Gasteiger partial charge on any atom is -0.383 e. The zero-order chi connectivity index (χ0) is 16.7. The van der Waals surface area contributed by atoms with Crippen LogP contribution in [0.25, 0.3) is 5.69 Å². The predicted molar refractivity (Wildman–Crippen MR) is 75.7 cm³/mol. The molecule has 9 heteroatoms. The number of nitrogens with zero attached hydrogens (tertiary/aromatic N) is 2. The van der Waals surface area contributed by atoms with E-state index in [0.717, 1.165) is 0 Å². The van der Waals surface area contributed by atoms with Crippen LogP contribution in [0.3, 0.4) is 0 Å². The van der Waals surface area contributed by atoms with Gasteiger partial charge < -0.3 is 15.6 Å². The maximum atomic E-state index is 12.8. The first kappa shape index (κ1) is 15.8. The van der Waals surface area contributed by atoms with Crippen molar-refractivity contribution in [2.45, 2.75) is 18.0 Å². The number of halogens is 3. The van der Waals surface area contributed by atoms with Gasteiger partial charge >= 0.3 is 6.18 Å². The van der Waals surface area contributed by atoms with Gasteiger partial charge in [0.25, 0.3) is 0 Å². The van der Waals surface area contributed by atoms with E-state index in [9.17, 15) is 18.3 Å². The molecular formula is C14H15F3N4O2. The Morgan fingerprint density at radius 3 is 2.61 bits per heavy atom. The Hall–Kier alpha value is -2.10. The van der Waals surface area contributed by atoms with Crippen molar-refractivity contribution in [1.82, 2.24) is 15.1 Å². The largest absolute Gasteiger partial charge is 0.420 e. The molecule has 4 N–H and O–H groups in total. The molecule has 0 amide bonds. The first-order valence-electron chi connectivity index (χ1n) is 6.85. The number of hydrogen-bond donors (Lipinski definition) is 3. The van der Waals surface area contributed by atoms with Crippen molar-refractivity contribution in [1.29, 1.82) is 0 Å². The summed E-state index contributed by atoms with van der Waals surface area (Å²) >= 11 is 0. The summed E-state index contributed by atoms with van der Waals surface area (Å²) in [6, 6.07) is 8.95. The van der Waals surface area contributed by atoms with Crippen molar-refractivity contribution in [2.24, 2.45) is 0 Å². The van der Waals surface area contributed by atoms with Crippen molar-refractivity contribution >= 4 is 5.82 Å². The lowest BCUT2D eigenvalue weighted by Crippen LogP contribution is -2.43. The second-order valence-corrected chi connectivity index (χ2v) is 5.30. The number of benzene rings is 1. The Kier molecular flexibility index (Phi) is 3.78. The number of nitrogens with two attached hydrogens (primary N) is 1. The van der Waals surface area contributed by atoms with Gasteiger partial charge in [-0.15, -0.1) is 0 Å². The Balaban J connectivity index is 1.72. The smallest absolute Gasteiger partial charge is 0.383 e. The van der Waals surface area contributed by atoms with E-state index in [1.807, 2.05) is 6.07 Å². The molecule has 0 bridgehead atoms. The molecule has 1 fully saturated rings. The highest BCUT2D eigenvalue weighted by Gasteiger charge is 2.65. The molecule has 2 atom stereocenters. The van der Waals surface area contributed by atoms with Crippen LogP contribution in [0.4, 0.5) is 19.0 Å². The topological polar surface area (TPSA) is 88.6 Å². The number of rotatable bonds is 5. The molecule has 0 radical (unpaired) electrons. The van der Waals surface area contributed by atoms with E-state index in [1.165, 1.54) is 10.9 Å². The molecule has 2 unspecified atom stereocenters. The van der Waals surface area contributed by atoms with E-state index in [4.69, 9.17) is 5.73 Å². The summed E-state index contributed by atoms with van der Waals surface area (Å²) in [5.41, 5.74) is 4.58. The zero-order valence-corrected chi connectivity index (χ0v) is 11.9. The molecule has 1 aliphatic heterocycles. The molecule has 1 aromatic heterocycles. The van der Waals surface area contributed by atoms with Gasteiger partial charge in [0.1, 0.15) is 12.0 Å². The summed E-state index contributed by atoms with van der Waals surface area (Å²) in [6.45, 7) is -0.984. The van der Waals surface area contributed by atoms with Crippen LogP contribution in [0, 0.1) is 0 Å². The van der Waals surface area contributed by atoms with Gasteiger partial charge in [0.05, 0.1) is 24.1 Å². The van der Waals surface area contributed by atoms with Gasteiger partial charge in [-0.05, 0) is 12.1 Å². The molecule has 1 saturated heterocycles. The molecule has 2 aromatic rings. The van der Waals surface area contributed by atoms with Crippen LogP contribution in [-0.2, 0) is 4.74 Å². The summed E-state index contributed by atoms with van der Waals surface area (Å²) in [5.74, 6) is 0.147. The number of para-hydroxylation sites is 1. The Bertz CT molecular complexity index is 683. The lowest BCUT2D eigenvalue weighted by molar-refractivity contribution is -0.183. The SMILES string of the molecule is Nc1c(C(O)NCC2(C(F)(F)F)CO2)cnn1-c1ccccc1. The van der Waals surface area contributed by atoms with Gasteiger partial charge in [0, 0.05) is 6.54 Å². The molecule has 0 aliphatic carbocycles. The van der Waals surface area contributed by atoms with Gasteiger partial charge in [0.15, 0.2) is 5.60 Å². The quantitative estimate of drug-likeness (QED) is 0.570. The highest BCUT2D eigenvalue weighted by molar-refractivity contribution is 5.47. The van der Waals surface area contributed by atoms with Gasteiger partial charge in [-0.3, -0.25) is 5.32 Å². The van der Waals surface area contributed by atoms with Gasteiger partial charge in [-0.1, -0.05) is 18.2 Å². The van der Waals surface area contributed by atoms with Crippen LogP contribution in [0.5, 0.6) is 0 Å². The molecule has 2 heterocycles. The normalized spacial score (nSPS) is 22.1. The summed E-state index contributed by atoms with van der Waals surface area (Å²) in [4.78, 5) is 0. The van der Waals surface area contributed by atoms with Crippen LogP contribution in [0.15, 0.2) is 36.5 Å². The number of aromatic nitrogens is 2. The van der Waals surface area contributed by atoms with E-state index in [-0.39, 0.29) is 11.4 Å². The number of anilines is 1. The molecule has 1 aromatic carbocycles. The summed E-state index contributed by atoms with van der Waals surface area (Å²) in [5, 5.41) is 16.5. The average Bonchev–Trinajstić information content (AvgIpc) is 3.23.